The molecule has 7 atom stereocenters. The van der Waals surface area contributed by atoms with Gasteiger partial charge in [-0.05, 0) is 82.0 Å². The quantitative estimate of drug-likeness (QED) is 0.0426. The Morgan fingerprint density at radius 3 is 2.15 bits per heavy atom. The molecular weight excluding hydrogens is 690 g/mol. The average Bonchev–Trinajstić information content (AvgIpc) is 3.81. The van der Waals surface area contributed by atoms with Crippen LogP contribution >= 0.6 is 0 Å². The van der Waals surface area contributed by atoms with E-state index < -0.39 is 72.0 Å². The summed E-state index contributed by atoms with van der Waals surface area (Å²) in [5, 5.41) is 42.9. The number of nitrogens with two attached hydrogens (primary N) is 2. The van der Waals surface area contributed by atoms with Crippen molar-refractivity contribution in [3.8, 4) is 5.75 Å². The number of phenolic OH excluding ortho intramolecular Hbond substituents is 1. The number of carboxylic acids is 1. The first-order valence-electron chi connectivity index (χ1n) is 18.1. The van der Waals surface area contributed by atoms with Gasteiger partial charge in [0.15, 0.2) is 12.0 Å². The number of nitrogens with one attached hydrogen (secondary N) is 5. The van der Waals surface area contributed by atoms with Crippen LogP contribution in [0.5, 0.6) is 5.75 Å². The number of aliphatic hydroxyl groups is 1. The molecule has 0 bridgehead atoms. The summed E-state index contributed by atoms with van der Waals surface area (Å²) in [5.41, 5.74) is 11.5. The maximum absolute atomic E-state index is 14.1. The van der Waals surface area contributed by atoms with Crippen molar-refractivity contribution >= 4 is 41.5 Å². The minimum atomic E-state index is -1.58. The van der Waals surface area contributed by atoms with Crippen molar-refractivity contribution in [2.45, 2.75) is 114 Å². The zero-order valence-electron chi connectivity index (χ0n) is 30.5. The molecule has 2 aliphatic rings. The zero-order valence-corrected chi connectivity index (χ0v) is 30.5. The van der Waals surface area contributed by atoms with Crippen molar-refractivity contribution < 1.29 is 44.1 Å². The van der Waals surface area contributed by atoms with E-state index in [0.29, 0.717) is 31.4 Å². The van der Waals surface area contributed by atoms with E-state index in [1.54, 1.807) is 12.1 Å². The van der Waals surface area contributed by atoms with Crippen molar-refractivity contribution in [1.82, 2.24) is 31.5 Å². The zero-order chi connectivity index (χ0) is 39.2. The second kappa shape index (κ2) is 20.3. The van der Waals surface area contributed by atoms with Gasteiger partial charge in [-0.15, -0.1) is 0 Å². The highest BCUT2D eigenvalue weighted by atomic mass is 16.4. The Morgan fingerprint density at radius 1 is 0.906 bits per heavy atom. The van der Waals surface area contributed by atoms with Gasteiger partial charge < -0.3 is 58.3 Å². The monoisotopic (exact) mass is 745 g/mol. The van der Waals surface area contributed by atoms with Crippen LogP contribution in [0.25, 0.3) is 0 Å². The first-order chi connectivity index (χ1) is 25.1. The van der Waals surface area contributed by atoms with Gasteiger partial charge in [0.05, 0.1) is 12.1 Å². The maximum Gasteiger partial charge on any atom is 0.328 e. The topological polar surface area (TPSA) is 291 Å². The SMILES string of the molecule is CC(C)C[C@H](NC(=O)[C@H](Cc1ccc(O)cc1)NC(=O)[C@H](CCCN=C(N)N)NC(=O)[C@@H]1CCCN1)C(=O)N1CCC[C@H]1C(=O)N[C@H](C(=O)O)[C@@H](C)O. The summed E-state index contributed by atoms with van der Waals surface area (Å²) in [5.74, 6) is -4.65. The van der Waals surface area contributed by atoms with Gasteiger partial charge in [0.1, 0.15) is 29.9 Å². The number of amides is 5. The second-order valence-electron chi connectivity index (χ2n) is 14.0. The first kappa shape index (κ1) is 42.4. The van der Waals surface area contributed by atoms with Gasteiger partial charge in [0, 0.05) is 19.5 Å². The fourth-order valence-corrected chi connectivity index (χ4v) is 6.41. The first-order valence-corrected chi connectivity index (χ1v) is 18.1. The van der Waals surface area contributed by atoms with E-state index in [9.17, 15) is 44.1 Å². The fraction of sp³-hybridized carbons (Fsp3) is 0.629. The van der Waals surface area contributed by atoms with Gasteiger partial charge in [-0.2, -0.15) is 0 Å². The van der Waals surface area contributed by atoms with Crippen LogP contribution < -0.4 is 38.1 Å². The summed E-state index contributed by atoms with van der Waals surface area (Å²) < 4.78 is 0. The number of benzene rings is 1. The van der Waals surface area contributed by atoms with Crippen molar-refractivity contribution in [3.63, 3.8) is 0 Å². The Morgan fingerprint density at radius 2 is 1.57 bits per heavy atom. The third kappa shape index (κ3) is 13.2. The molecule has 18 nitrogen and oxygen atoms in total. The van der Waals surface area contributed by atoms with Crippen LogP contribution in [0, 0.1) is 5.92 Å². The number of aliphatic imine (C=N–C) groups is 1. The largest absolute Gasteiger partial charge is 0.508 e. The summed E-state index contributed by atoms with van der Waals surface area (Å²) in [6.07, 6.45) is 1.35. The highest BCUT2D eigenvalue weighted by Gasteiger charge is 2.40. The van der Waals surface area contributed by atoms with Crippen LogP contribution in [0.3, 0.4) is 0 Å². The second-order valence-corrected chi connectivity index (χ2v) is 14.0. The Bertz CT molecular complexity index is 1460. The Hall–Kier alpha value is -4.97. The standard InChI is InChI=1S/C35H55N9O9/c1-19(2)17-26(33(51)44-16-6-9-27(44)32(50)43-28(20(3)45)34(52)53)42-31(49)25(18-21-10-12-22(46)13-11-21)41-30(48)24(8-5-15-39-35(36)37)40-29(47)23-7-4-14-38-23/h10-13,19-20,23-28,38,45-46H,4-9,14-18H2,1-3H3,(H,40,47)(H,41,48)(H,42,49)(H,43,50)(H,52,53)(H4,36,37,39)/t20-,23+,24+,25+,26+,27+,28+/m1/s1. The Kier molecular flexibility index (Phi) is 16.3. The van der Waals surface area contributed by atoms with Crippen molar-refractivity contribution in [2.24, 2.45) is 22.4 Å². The van der Waals surface area contributed by atoms with Gasteiger partial charge in [0.2, 0.25) is 29.5 Å². The molecule has 12 N–H and O–H groups in total. The van der Waals surface area contributed by atoms with Crippen LogP contribution in [0.2, 0.25) is 0 Å². The predicted octanol–water partition coefficient (Wildman–Crippen LogP) is -1.82. The number of carbonyl (C=O) groups excluding carboxylic acids is 5. The van der Waals surface area contributed by atoms with Crippen LogP contribution in [0.15, 0.2) is 29.3 Å². The number of nitrogens with zero attached hydrogens (tertiary/aromatic N) is 2. The summed E-state index contributed by atoms with van der Waals surface area (Å²) >= 11 is 0. The number of guanidine groups is 1. The van der Waals surface area contributed by atoms with Gasteiger partial charge in [-0.3, -0.25) is 29.0 Å². The fourth-order valence-electron chi connectivity index (χ4n) is 6.41. The number of rotatable bonds is 19. The van der Waals surface area contributed by atoms with Gasteiger partial charge in [0.25, 0.3) is 0 Å². The van der Waals surface area contributed by atoms with Crippen LogP contribution in [0.4, 0.5) is 0 Å². The molecule has 2 fully saturated rings. The lowest BCUT2D eigenvalue weighted by atomic mass is 9.99. The number of carboxylic acid groups (broad SMARTS) is 1. The maximum atomic E-state index is 14.1. The summed E-state index contributed by atoms with van der Waals surface area (Å²) in [4.78, 5) is 85.1. The van der Waals surface area contributed by atoms with E-state index in [-0.39, 0.29) is 62.3 Å². The molecular formula is C35H55N9O9. The number of hydrogen-bond donors (Lipinski definition) is 10. The third-order valence-corrected chi connectivity index (χ3v) is 9.17. The lowest BCUT2D eigenvalue weighted by molar-refractivity contribution is -0.147. The Balaban J connectivity index is 1.86. The molecule has 0 saturated carbocycles. The van der Waals surface area contributed by atoms with Crippen LogP contribution in [-0.4, -0.2) is 124 Å². The molecule has 1 aromatic carbocycles. The van der Waals surface area contributed by atoms with E-state index in [1.165, 1.54) is 24.0 Å². The van der Waals surface area contributed by atoms with E-state index >= 15 is 0 Å². The number of carbonyl (C=O) groups is 6. The molecule has 0 radical (unpaired) electrons. The van der Waals surface area contributed by atoms with Crippen molar-refractivity contribution in [3.05, 3.63) is 29.8 Å². The van der Waals surface area contributed by atoms with Crippen molar-refractivity contribution in [2.75, 3.05) is 19.6 Å². The third-order valence-electron chi connectivity index (χ3n) is 9.17. The number of aromatic hydroxyl groups is 1. The number of hydrogen-bond acceptors (Lipinski definition) is 10. The van der Waals surface area contributed by atoms with Gasteiger partial charge >= 0.3 is 5.97 Å². The van der Waals surface area contributed by atoms with Gasteiger partial charge in [-0.1, -0.05) is 26.0 Å². The number of aliphatic carboxylic acids is 1. The van der Waals surface area contributed by atoms with E-state index in [1.807, 2.05) is 13.8 Å². The van der Waals surface area contributed by atoms with Crippen LogP contribution in [-0.2, 0) is 35.2 Å². The minimum absolute atomic E-state index is 0.00205. The summed E-state index contributed by atoms with van der Waals surface area (Å²) in [7, 11) is 0. The summed E-state index contributed by atoms with van der Waals surface area (Å²) in [6, 6.07) is -0.449. The molecule has 3 rings (SSSR count). The lowest BCUT2D eigenvalue weighted by Crippen LogP contribution is -2.60. The molecule has 0 spiro atoms. The average molecular weight is 746 g/mol. The highest BCUT2D eigenvalue weighted by molar-refractivity contribution is 5.96. The van der Waals surface area contributed by atoms with Crippen LogP contribution in [0.1, 0.15) is 71.3 Å². The number of likely N-dealkylation sites (tertiary alicyclic amines) is 1. The molecule has 0 aliphatic carbocycles. The highest BCUT2D eigenvalue weighted by Crippen LogP contribution is 2.21. The molecule has 2 heterocycles. The number of phenols is 1. The molecule has 0 aromatic heterocycles. The molecule has 2 saturated heterocycles. The predicted molar refractivity (Wildman–Crippen MR) is 194 cm³/mol. The molecule has 18 heteroatoms. The molecule has 1 aromatic rings. The van der Waals surface area contributed by atoms with E-state index in [4.69, 9.17) is 11.5 Å². The molecule has 294 valence electrons. The van der Waals surface area contributed by atoms with E-state index in [0.717, 1.165) is 6.42 Å². The normalized spacial score (nSPS) is 19.7. The minimum Gasteiger partial charge on any atom is -0.508 e. The number of aliphatic hydroxyl groups excluding tert-OH is 1. The van der Waals surface area contributed by atoms with E-state index in [2.05, 4.69) is 31.6 Å². The molecule has 2 aliphatic heterocycles. The molecule has 0 unspecified atom stereocenters. The molecule has 53 heavy (non-hydrogen) atoms. The lowest BCUT2D eigenvalue weighted by Gasteiger charge is -2.31. The smallest absolute Gasteiger partial charge is 0.328 e. The summed E-state index contributed by atoms with van der Waals surface area (Å²) in [6.45, 7) is 5.98. The van der Waals surface area contributed by atoms with Gasteiger partial charge in [-0.25, -0.2) is 4.79 Å². The van der Waals surface area contributed by atoms with Crippen molar-refractivity contribution in [1.29, 1.82) is 0 Å². The molecule has 5 amide bonds. The Labute approximate surface area is 308 Å².